The number of carbonyl (C=O) groups is 1. The van der Waals surface area contributed by atoms with Gasteiger partial charge < -0.3 is 20.0 Å². The summed E-state index contributed by atoms with van der Waals surface area (Å²) in [6.07, 6.45) is 1.75. The summed E-state index contributed by atoms with van der Waals surface area (Å²) < 4.78 is 5.80. The highest BCUT2D eigenvalue weighted by molar-refractivity contribution is 5.91. The maximum Gasteiger partial charge on any atom is 0.289 e. The predicted octanol–water partition coefficient (Wildman–Crippen LogP) is 0.980. The first kappa shape index (κ1) is 16.5. The highest BCUT2D eigenvalue weighted by atomic mass is 16.4. The van der Waals surface area contributed by atoms with Crippen molar-refractivity contribution >= 4 is 5.91 Å². The molecule has 2 aliphatic rings. The SMILES string of the molecule is CCN1CCN(Cc2ccc(C(=O)N3CCC(N)CC3)o2)CC1. The molecule has 128 valence electrons. The summed E-state index contributed by atoms with van der Waals surface area (Å²) >= 11 is 0. The third kappa shape index (κ3) is 4.13. The topological polar surface area (TPSA) is 66.0 Å². The van der Waals surface area contributed by atoms with Crippen LogP contribution in [0.5, 0.6) is 0 Å². The molecule has 2 aliphatic heterocycles. The summed E-state index contributed by atoms with van der Waals surface area (Å²) in [5.74, 6) is 1.34. The van der Waals surface area contributed by atoms with E-state index in [1.807, 2.05) is 17.0 Å². The first-order valence-corrected chi connectivity index (χ1v) is 8.74. The van der Waals surface area contributed by atoms with E-state index in [2.05, 4.69) is 16.7 Å². The van der Waals surface area contributed by atoms with Gasteiger partial charge in [0.15, 0.2) is 5.76 Å². The molecule has 0 saturated carbocycles. The Morgan fingerprint density at radius 2 is 1.78 bits per heavy atom. The standard InChI is InChI=1S/C17H28N4O2/c1-2-19-9-11-20(12-10-19)13-15-3-4-16(23-15)17(22)21-7-5-14(18)6-8-21/h3-4,14H,2,5-13,18H2,1H3. The Morgan fingerprint density at radius 3 is 2.43 bits per heavy atom. The van der Waals surface area contributed by atoms with E-state index in [0.717, 1.165) is 71.0 Å². The van der Waals surface area contributed by atoms with E-state index >= 15 is 0 Å². The molecule has 23 heavy (non-hydrogen) atoms. The lowest BCUT2D eigenvalue weighted by atomic mass is 10.1. The summed E-state index contributed by atoms with van der Waals surface area (Å²) in [5.41, 5.74) is 5.89. The van der Waals surface area contributed by atoms with Crippen LogP contribution in [0.2, 0.25) is 0 Å². The molecule has 0 radical (unpaired) electrons. The lowest BCUT2D eigenvalue weighted by Crippen LogP contribution is -2.45. The van der Waals surface area contributed by atoms with Gasteiger partial charge in [-0.05, 0) is 31.5 Å². The number of hydrogen-bond donors (Lipinski definition) is 1. The van der Waals surface area contributed by atoms with Gasteiger partial charge in [-0.25, -0.2) is 0 Å². The van der Waals surface area contributed by atoms with Crippen molar-refractivity contribution in [3.63, 3.8) is 0 Å². The summed E-state index contributed by atoms with van der Waals surface area (Å²) in [6, 6.07) is 3.98. The molecule has 0 aliphatic carbocycles. The molecule has 1 amide bonds. The van der Waals surface area contributed by atoms with Crippen LogP contribution in [0.4, 0.5) is 0 Å². The van der Waals surface area contributed by atoms with E-state index in [9.17, 15) is 4.79 Å². The van der Waals surface area contributed by atoms with Crippen molar-refractivity contribution in [1.82, 2.24) is 14.7 Å². The number of rotatable bonds is 4. The number of likely N-dealkylation sites (N-methyl/N-ethyl adjacent to an activating group) is 1. The Balaban J connectivity index is 1.53. The predicted molar refractivity (Wildman–Crippen MR) is 89.2 cm³/mol. The summed E-state index contributed by atoms with van der Waals surface area (Å²) in [6.45, 7) is 9.90. The molecule has 0 aromatic carbocycles. The molecule has 6 nitrogen and oxygen atoms in total. The van der Waals surface area contributed by atoms with Gasteiger partial charge in [0.05, 0.1) is 6.54 Å². The van der Waals surface area contributed by atoms with E-state index in [4.69, 9.17) is 10.2 Å². The van der Waals surface area contributed by atoms with Crippen LogP contribution in [0.25, 0.3) is 0 Å². The van der Waals surface area contributed by atoms with Crippen LogP contribution in [0, 0.1) is 0 Å². The lowest BCUT2D eigenvalue weighted by Gasteiger charge is -2.33. The van der Waals surface area contributed by atoms with Gasteiger partial charge in [0, 0.05) is 45.3 Å². The fourth-order valence-corrected chi connectivity index (χ4v) is 3.32. The van der Waals surface area contributed by atoms with Crippen LogP contribution in [-0.4, -0.2) is 72.5 Å². The summed E-state index contributed by atoms with van der Waals surface area (Å²) in [7, 11) is 0. The highest BCUT2D eigenvalue weighted by Gasteiger charge is 2.24. The van der Waals surface area contributed by atoms with Crippen molar-refractivity contribution in [2.75, 3.05) is 45.8 Å². The van der Waals surface area contributed by atoms with E-state index in [0.29, 0.717) is 5.76 Å². The molecule has 1 aromatic heterocycles. The number of hydrogen-bond acceptors (Lipinski definition) is 5. The number of likely N-dealkylation sites (tertiary alicyclic amines) is 1. The summed E-state index contributed by atoms with van der Waals surface area (Å²) in [5, 5.41) is 0. The van der Waals surface area contributed by atoms with Crippen LogP contribution in [0.1, 0.15) is 36.1 Å². The van der Waals surface area contributed by atoms with Crippen molar-refractivity contribution < 1.29 is 9.21 Å². The third-order valence-corrected chi connectivity index (χ3v) is 4.99. The Labute approximate surface area is 138 Å². The molecule has 3 heterocycles. The Morgan fingerprint density at radius 1 is 1.13 bits per heavy atom. The van der Waals surface area contributed by atoms with Gasteiger partial charge in [0.2, 0.25) is 0 Å². The molecule has 0 unspecified atom stereocenters. The quantitative estimate of drug-likeness (QED) is 0.896. The van der Waals surface area contributed by atoms with Crippen LogP contribution in [-0.2, 0) is 6.54 Å². The zero-order valence-electron chi connectivity index (χ0n) is 14.0. The molecule has 1 aromatic rings. The second-order valence-electron chi connectivity index (χ2n) is 6.61. The van der Waals surface area contributed by atoms with E-state index in [1.165, 1.54) is 0 Å². The first-order chi connectivity index (χ1) is 11.2. The molecular formula is C17H28N4O2. The number of amides is 1. The molecule has 6 heteroatoms. The van der Waals surface area contributed by atoms with Gasteiger partial charge in [-0.1, -0.05) is 6.92 Å². The minimum atomic E-state index is -0.000970. The van der Waals surface area contributed by atoms with Crippen molar-refractivity contribution in [3.8, 4) is 0 Å². The molecule has 0 spiro atoms. The zero-order chi connectivity index (χ0) is 16.2. The van der Waals surface area contributed by atoms with Gasteiger partial charge in [-0.15, -0.1) is 0 Å². The second kappa shape index (κ2) is 7.47. The molecule has 3 rings (SSSR count). The fraction of sp³-hybridized carbons (Fsp3) is 0.706. The van der Waals surface area contributed by atoms with Crippen LogP contribution < -0.4 is 5.73 Å². The minimum absolute atomic E-state index is 0.000970. The smallest absolute Gasteiger partial charge is 0.289 e. The molecule has 2 fully saturated rings. The highest BCUT2D eigenvalue weighted by Crippen LogP contribution is 2.17. The number of carbonyl (C=O) groups excluding carboxylic acids is 1. The molecular weight excluding hydrogens is 292 g/mol. The average molecular weight is 320 g/mol. The minimum Gasteiger partial charge on any atom is -0.455 e. The number of piperidine rings is 1. The average Bonchev–Trinajstić information content (AvgIpc) is 3.04. The normalized spacial score (nSPS) is 21.7. The van der Waals surface area contributed by atoms with Gasteiger partial charge in [0.25, 0.3) is 5.91 Å². The van der Waals surface area contributed by atoms with Gasteiger partial charge in [0.1, 0.15) is 5.76 Å². The van der Waals surface area contributed by atoms with Crippen molar-refractivity contribution in [2.24, 2.45) is 5.73 Å². The molecule has 0 atom stereocenters. The van der Waals surface area contributed by atoms with E-state index < -0.39 is 0 Å². The molecule has 0 bridgehead atoms. The van der Waals surface area contributed by atoms with E-state index in [1.54, 1.807) is 0 Å². The fourth-order valence-electron chi connectivity index (χ4n) is 3.32. The van der Waals surface area contributed by atoms with Gasteiger partial charge in [-0.2, -0.15) is 0 Å². The Kier molecular flexibility index (Phi) is 5.35. The lowest BCUT2D eigenvalue weighted by molar-refractivity contribution is 0.0676. The van der Waals surface area contributed by atoms with Crippen molar-refractivity contribution in [2.45, 2.75) is 32.4 Å². The zero-order valence-corrected chi connectivity index (χ0v) is 14.0. The van der Waals surface area contributed by atoms with Crippen LogP contribution >= 0.6 is 0 Å². The number of piperazine rings is 1. The Bertz CT molecular complexity index is 514. The monoisotopic (exact) mass is 320 g/mol. The largest absolute Gasteiger partial charge is 0.455 e. The third-order valence-electron chi connectivity index (χ3n) is 4.99. The number of furan rings is 1. The second-order valence-corrected chi connectivity index (χ2v) is 6.61. The maximum absolute atomic E-state index is 12.5. The van der Waals surface area contributed by atoms with Crippen molar-refractivity contribution in [1.29, 1.82) is 0 Å². The van der Waals surface area contributed by atoms with Crippen LogP contribution in [0.3, 0.4) is 0 Å². The molecule has 2 saturated heterocycles. The van der Waals surface area contributed by atoms with Gasteiger partial charge in [-0.3, -0.25) is 9.69 Å². The van der Waals surface area contributed by atoms with Gasteiger partial charge >= 0.3 is 0 Å². The van der Waals surface area contributed by atoms with Crippen LogP contribution in [0.15, 0.2) is 16.5 Å². The Hall–Kier alpha value is -1.37. The molecule has 2 N–H and O–H groups in total. The van der Waals surface area contributed by atoms with Crippen molar-refractivity contribution in [3.05, 3.63) is 23.7 Å². The first-order valence-electron chi connectivity index (χ1n) is 8.74. The van der Waals surface area contributed by atoms with E-state index in [-0.39, 0.29) is 11.9 Å². The number of nitrogens with zero attached hydrogens (tertiary/aromatic N) is 3. The maximum atomic E-state index is 12.5. The summed E-state index contributed by atoms with van der Waals surface area (Å²) in [4.78, 5) is 19.2. The number of nitrogens with two attached hydrogens (primary N) is 1.